The van der Waals surface area contributed by atoms with Crippen LogP contribution in [0.5, 0.6) is 5.75 Å². The number of hydrogen-bond acceptors (Lipinski definition) is 4. The fourth-order valence-corrected chi connectivity index (χ4v) is 3.52. The summed E-state index contributed by atoms with van der Waals surface area (Å²) in [4.78, 5) is 37.6. The molecule has 2 rings (SSSR count). The van der Waals surface area contributed by atoms with E-state index in [0.717, 1.165) is 12.1 Å². The van der Waals surface area contributed by atoms with Gasteiger partial charge in [0.15, 0.2) is 0 Å². The fraction of sp³-hybridized carbons (Fsp3) is 0.292. The van der Waals surface area contributed by atoms with Crippen molar-refractivity contribution in [2.75, 3.05) is 22.9 Å². The second-order valence-corrected chi connectivity index (χ2v) is 7.29. The summed E-state index contributed by atoms with van der Waals surface area (Å²) in [7, 11) is 0. The molecule has 0 aliphatic carbocycles. The molecule has 0 spiro atoms. The Kier molecular flexibility index (Phi) is 8.45. The topological polar surface area (TPSA) is 87.2 Å². The average molecular weight is 478 g/mol. The van der Waals surface area contributed by atoms with Gasteiger partial charge in [-0.1, -0.05) is 6.07 Å². The Morgan fingerprint density at radius 3 is 2.24 bits per heavy atom. The van der Waals surface area contributed by atoms with Crippen LogP contribution in [0.25, 0.3) is 17.2 Å². The molecule has 0 aliphatic heterocycles. The van der Waals surface area contributed by atoms with Crippen molar-refractivity contribution < 1.29 is 37.4 Å². The number of carbonyl (C=O) groups is 3. The van der Waals surface area contributed by atoms with Crippen molar-refractivity contribution in [3.63, 3.8) is 0 Å². The number of carboxylic acids is 1. The standard InChI is InChI=1S/C24H25F3N2O5/c1-5-28(14-30)20-13-18(15(3)11-21(20)29(6-2)16(4)31)19-12-17(8-10-23(32)33)7-9-22(19)34-24(25,26)27/h7-14H,5-6H2,1-4H3,(H,32,33)/b10-8+. The van der Waals surface area contributed by atoms with Crippen molar-refractivity contribution in [2.45, 2.75) is 34.1 Å². The van der Waals surface area contributed by atoms with Crippen molar-refractivity contribution in [3.05, 3.63) is 47.5 Å². The number of halogens is 3. The molecule has 7 nitrogen and oxygen atoms in total. The number of carbonyl (C=O) groups excluding carboxylic acids is 2. The van der Waals surface area contributed by atoms with Crippen LogP contribution in [0.1, 0.15) is 31.9 Å². The van der Waals surface area contributed by atoms with Gasteiger partial charge in [-0.2, -0.15) is 0 Å². The number of hydrogen-bond donors (Lipinski definition) is 1. The van der Waals surface area contributed by atoms with Crippen molar-refractivity contribution in [3.8, 4) is 16.9 Å². The Bertz CT molecular complexity index is 1110. The second kappa shape index (κ2) is 10.9. The van der Waals surface area contributed by atoms with Gasteiger partial charge in [-0.3, -0.25) is 9.59 Å². The summed E-state index contributed by atoms with van der Waals surface area (Å²) < 4.78 is 43.5. The lowest BCUT2D eigenvalue weighted by molar-refractivity contribution is -0.274. The molecule has 0 aromatic heterocycles. The number of carboxylic acid groups (broad SMARTS) is 1. The van der Waals surface area contributed by atoms with Gasteiger partial charge >= 0.3 is 12.3 Å². The molecular weight excluding hydrogens is 453 g/mol. The summed E-state index contributed by atoms with van der Waals surface area (Å²) in [5.74, 6) is -1.97. The molecule has 0 bridgehead atoms. The Balaban J connectivity index is 2.85. The lowest BCUT2D eigenvalue weighted by Gasteiger charge is -2.28. The van der Waals surface area contributed by atoms with Gasteiger partial charge in [0, 0.05) is 31.7 Å². The summed E-state index contributed by atoms with van der Waals surface area (Å²) >= 11 is 0. The number of nitrogens with zero attached hydrogens (tertiary/aromatic N) is 2. The van der Waals surface area contributed by atoms with Gasteiger partial charge in [0.1, 0.15) is 5.75 Å². The second-order valence-electron chi connectivity index (χ2n) is 7.29. The van der Waals surface area contributed by atoms with Gasteiger partial charge in [0.25, 0.3) is 0 Å². The maximum Gasteiger partial charge on any atom is 0.573 e. The first-order valence-corrected chi connectivity index (χ1v) is 10.4. The molecule has 0 radical (unpaired) electrons. The van der Waals surface area contributed by atoms with Crippen LogP contribution in [0.2, 0.25) is 0 Å². The number of rotatable bonds is 9. The molecule has 2 aromatic rings. The van der Waals surface area contributed by atoms with Gasteiger partial charge in [0.05, 0.1) is 11.4 Å². The molecule has 0 fully saturated rings. The van der Waals surface area contributed by atoms with Crippen molar-refractivity contribution >= 4 is 35.7 Å². The molecule has 182 valence electrons. The third-order valence-corrected chi connectivity index (χ3v) is 5.02. The highest BCUT2D eigenvalue weighted by atomic mass is 19.4. The predicted octanol–water partition coefficient (Wildman–Crippen LogP) is 5.01. The highest BCUT2D eigenvalue weighted by molar-refractivity contribution is 5.99. The summed E-state index contributed by atoms with van der Waals surface area (Å²) in [5, 5.41) is 8.88. The molecule has 0 heterocycles. The fourth-order valence-electron chi connectivity index (χ4n) is 3.52. The first-order chi connectivity index (χ1) is 15.9. The molecule has 0 unspecified atom stereocenters. The number of aryl methyl sites for hydroxylation is 1. The molecule has 10 heteroatoms. The zero-order chi connectivity index (χ0) is 25.6. The minimum Gasteiger partial charge on any atom is -0.478 e. The largest absolute Gasteiger partial charge is 0.573 e. The highest BCUT2D eigenvalue weighted by Crippen LogP contribution is 2.41. The van der Waals surface area contributed by atoms with Crippen molar-refractivity contribution in [1.82, 2.24) is 0 Å². The number of amides is 2. The van der Waals surface area contributed by atoms with Gasteiger partial charge in [-0.05, 0) is 67.8 Å². The normalized spacial score (nSPS) is 11.4. The third-order valence-electron chi connectivity index (χ3n) is 5.02. The van der Waals surface area contributed by atoms with Crippen LogP contribution in [0.4, 0.5) is 24.5 Å². The summed E-state index contributed by atoms with van der Waals surface area (Å²) in [5.41, 5.74) is 1.99. The summed E-state index contributed by atoms with van der Waals surface area (Å²) in [6, 6.07) is 6.91. The van der Waals surface area contributed by atoms with E-state index in [-0.39, 0.29) is 18.0 Å². The van der Waals surface area contributed by atoms with E-state index >= 15 is 0 Å². The summed E-state index contributed by atoms with van der Waals surface area (Å²) in [6.45, 7) is 7.08. The number of benzene rings is 2. The third kappa shape index (κ3) is 6.37. The van der Waals surface area contributed by atoms with Gasteiger partial charge < -0.3 is 19.6 Å². The average Bonchev–Trinajstić information content (AvgIpc) is 2.74. The van der Waals surface area contributed by atoms with E-state index in [9.17, 15) is 27.6 Å². The SMILES string of the molecule is CCN(C=O)c1cc(-c2cc(/C=C/C(=O)O)ccc2OC(F)(F)F)c(C)cc1N(CC)C(C)=O. The van der Waals surface area contributed by atoms with E-state index in [0.29, 0.717) is 41.0 Å². The molecule has 2 aromatic carbocycles. The van der Waals surface area contributed by atoms with Crippen LogP contribution < -0.4 is 14.5 Å². The van der Waals surface area contributed by atoms with Crippen molar-refractivity contribution in [2.24, 2.45) is 0 Å². The maximum absolute atomic E-state index is 13.1. The molecule has 0 atom stereocenters. The summed E-state index contributed by atoms with van der Waals surface area (Å²) in [6.07, 6.45) is -2.28. The highest BCUT2D eigenvalue weighted by Gasteiger charge is 2.32. The van der Waals surface area contributed by atoms with E-state index in [1.54, 1.807) is 26.8 Å². The molecule has 1 N–H and O–H groups in total. The van der Waals surface area contributed by atoms with E-state index in [2.05, 4.69) is 4.74 Å². The van der Waals surface area contributed by atoms with Gasteiger partial charge in [-0.25, -0.2) is 4.79 Å². The number of aliphatic carboxylic acids is 1. The van der Waals surface area contributed by atoms with Crippen LogP contribution in [-0.2, 0) is 14.4 Å². The maximum atomic E-state index is 13.1. The van der Waals surface area contributed by atoms with Crippen LogP contribution in [0, 0.1) is 6.92 Å². The van der Waals surface area contributed by atoms with E-state index in [1.165, 1.54) is 41.0 Å². The molecule has 34 heavy (non-hydrogen) atoms. The van der Waals surface area contributed by atoms with E-state index < -0.39 is 18.1 Å². The van der Waals surface area contributed by atoms with E-state index in [1.807, 2.05) is 0 Å². The first-order valence-electron chi connectivity index (χ1n) is 10.4. The minimum absolute atomic E-state index is 0.0444. The Morgan fingerprint density at radius 2 is 1.74 bits per heavy atom. The molecule has 0 saturated carbocycles. The monoisotopic (exact) mass is 478 g/mol. The lowest BCUT2D eigenvalue weighted by atomic mass is 9.95. The minimum atomic E-state index is -4.96. The zero-order valence-corrected chi connectivity index (χ0v) is 19.1. The molecule has 0 saturated heterocycles. The predicted molar refractivity (Wildman–Crippen MR) is 123 cm³/mol. The van der Waals surface area contributed by atoms with E-state index in [4.69, 9.17) is 5.11 Å². The quantitative estimate of drug-likeness (QED) is 0.404. The molecule has 0 aliphatic rings. The number of alkyl halides is 3. The molecule has 2 amide bonds. The first kappa shape index (κ1) is 26.4. The Hall–Kier alpha value is -3.82. The van der Waals surface area contributed by atoms with Crippen LogP contribution in [-0.4, -0.2) is 42.8 Å². The van der Waals surface area contributed by atoms with Crippen molar-refractivity contribution in [1.29, 1.82) is 0 Å². The van der Waals surface area contributed by atoms with Crippen LogP contribution in [0.15, 0.2) is 36.4 Å². The van der Waals surface area contributed by atoms with Crippen LogP contribution in [0.3, 0.4) is 0 Å². The van der Waals surface area contributed by atoms with Gasteiger partial charge in [0.2, 0.25) is 12.3 Å². The smallest absolute Gasteiger partial charge is 0.478 e. The number of ether oxygens (including phenoxy) is 1. The number of anilines is 2. The zero-order valence-electron chi connectivity index (χ0n) is 19.1. The Labute approximate surface area is 195 Å². The van der Waals surface area contributed by atoms with Gasteiger partial charge in [-0.15, -0.1) is 13.2 Å². The lowest BCUT2D eigenvalue weighted by Crippen LogP contribution is -2.31. The Morgan fingerprint density at radius 1 is 1.06 bits per heavy atom. The van der Waals surface area contributed by atoms with Crippen LogP contribution >= 0.6 is 0 Å². The molecular formula is C24H25F3N2O5.